The van der Waals surface area contributed by atoms with Gasteiger partial charge in [-0.1, -0.05) is 41.9 Å². The number of halogens is 4. The molecule has 0 amide bonds. The molecule has 4 heteroatoms. The first-order chi connectivity index (χ1) is 8.59. The third kappa shape index (κ3) is 3.05. The van der Waals surface area contributed by atoms with Crippen LogP contribution in [0.3, 0.4) is 0 Å². The van der Waals surface area contributed by atoms with E-state index in [2.05, 4.69) is 15.9 Å². The largest absolute Gasteiger partial charge is 0.205 e. The van der Waals surface area contributed by atoms with Crippen molar-refractivity contribution in [1.82, 2.24) is 0 Å². The molecule has 0 nitrogen and oxygen atoms in total. The lowest BCUT2D eigenvalue weighted by Gasteiger charge is -2.12. The minimum absolute atomic E-state index is 0.315. The van der Waals surface area contributed by atoms with Crippen LogP contribution in [0.5, 0.6) is 0 Å². The highest BCUT2D eigenvalue weighted by molar-refractivity contribution is 9.10. The summed E-state index contributed by atoms with van der Waals surface area (Å²) in [6.07, 6.45) is 0.495. The molecular formula is C14H10BrCl2F. The van der Waals surface area contributed by atoms with Gasteiger partial charge >= 0.3 is 0 Å². The highest BCUT2D eigenvalue weighted by Gasteiger charge is 2.16. The summed E-state index contributed by atoms with van der Waals surface area (Å²) in [5.74, 6) is -0.315. The second-order valence-corrected chi connectivity index (χ2v) is 5.69. The average Bonchev–Trinajstić information content (AvgIpc) is 2.35. The second-order valence-electron chi connectivity index (χ2n) is 3.91. The van der Waals surface area contributed by atoms with Crippen molar-refractivity contribution in [2.45, 2.75) is 11.8 Å². The second kappa shape index (κ2) is 6.05. The van der Waals surface area contributed by atoms with Crippen molar-refractivity contribution < 1.29 is 4.39 Å². The standard InChI is InChI=1S/C14H10BrCl2F/c15-11-6-3-5-10(14(11)18)13(17)8-9-4-1-2-7-12(9)16/h1-7,13H,8H2. The van der Waals surface area contributed by atoms with E-state index in [1.807, 2.05) is 18.2 Å². The molecule has 0 saturated carbocycles. The summed E-state index contributed by atoms with van der Waals surface area (Å²) in [6, 6.07) is 12.6. The van der Waals surface area contributed by atoms with Gasteiger partial charge in [0, 0.05) is 10.6 Å². The van der Waals surface area contributed by atoms with Crippen molar-refractivity contribution in [1.29, 1.82) is 0 Å². The van der Waals surface area contributed by atoms with E-state index in [1.54, 1.807) is 24.3 Å². The van der Waals surface area contributed by atoms with E-state index in [1.165, 1.54) is 0 Å². The van der Waals surface area contributed by atoms with Crippen LogP contribution in [0.1, 0.15) is 16.5 Å². The first-order valence-corrected chi connectivity index (χ1v) is 7.01. The summed E-state index contributed by atoms with van der Waals surface area (Å²) in [4.78, 5) is 0. The minimum Gasteiger partial charge on any atom is -0.205 e. The Morgan fingerprint density at radius 3 is 2.56 bits per heavy atom. The van der Waals surface area contributed by atoms with Gasteiger partial charge in [0.05, 0.1) is 9.85 Å². The fourth-order valence-electron chi connectivity index (χ4n) is 1.73. The molecule has 94 valence electrons. The summed E-state index contributed by atoms with van der Waals surface area (Å²) in [5, 5.41) is 0.209. The van der Waals surface area contributed by atoms with E-state index in [0.717, 1.165) is 5.56 Å². The van der Waals surface area contributed by atoms with Gasteiger partial charge in [-0.25, -0.2) is 4.39 Å². The number of benzene rings is 2. The summed E-state index contributed by atoms with van der Waals surface area (Å²) in [5.41, 5.74) is 1.39. The van der Waals surface area contributed by atoms with Crippen LogP contribution in [0.25, 0.3) is 0 Å². The van der Waals surface area contributed by atoms with Gasteiger partial charge in [-0.05, 0) is 40.0 Å². The number of rotatable bonds is 3. The van der Waals surface area contributed by atoms with Crippen LogP contribution in [0.4, 0.5) is 4.39 Å². The molecule has 0 N–H and O–H groups in total. The summed E-state index contributed by atoms with van der Waals surface area (Å²) >= 11 is 15.5. The first kappa shape index (κ1) is 13.9. The van der Waals surface area contributed by atoms with Gasteiger partial charge in [0.1, 0.15) is 5.82 Å². The van der Waals surface area contributed by atoms with E-state index in [4.69, 9.17) is 23.2 Å². The van der Waals surface area contributed by atoms with Gasteiger partial charge in [0.15, 0.2) is 0 Å². The van der Waals surface area contributed by atoms with E-state index < -0.39 is 5.38 Å². The van der Waals surface area contributed by atoms with E-state index in [0.29, 0.717) is 21.5 Å². The zero-order chi connectivity index (χ0) is 13.1. The van der Waals surface area contributed by atoms with E-state index in [-0.39, 0.29) is 5.82 Å². The Labute approximate surface area is 124 Å². The quantitative estimate of drug-likeness (QED) is 0.619. The average molecular weight is 348 g/mol. The molecule has 18 heavy (non-hydrogen) atoms. The third-order valence-electron chi connectivity index (χ3n) is 2.68. The lowest BCUT2D eigenvalue weighted by molar-refractivity contribution is 0.599. The van der Waals surface area contributed by atoms with Crippen LogP contribution < -0.4 is 0 Å². The van der Waals surface area contributed by atoms with Gasteiger partial charge in [0.2, 0.25) is 0 Å². The van der Waals surface area contributed by atoms with Crippen molar-refractivity contribution in [3.05, 3.63) is 68.9 Å². The fraction of sp³-hybridized carbons (Fsp3) is 0.143. The number of hydrogen-bond acceptors (Lipinski definition) is 0. The number of alkyl halides is 1. The maximum atomic E-state index is 13.9. The monoisotopic (exact) mass is 346 g/mol. The Hall–Kier alpha value is -0.570. The zero-order valence-electron chi connectivity index (χ0n) is 9.34. The number of hydrogen-bond donors (Lipinski definition) is 0. The van der Waals surface area contributed by atoms with Gasteiger partial charge in [-0.2, -0.15) is 0 Å². The van der Waals surface area contributed by atoms with Gasteiger partial charge < -0.3 is 0 Å². The minimum atomic E-state index is -0.442. The lowest BCUT2D eigenvalue weighted by Crippen LogP contribution is -2.00. The van der Waals surface area contributed by atoms with Crippen LogP contribution >= 0.6 is 39.1 Å². The molecule has 0 aliphatic heterocycles. The Kier molecular flexibility index (Phi) is 4.66. The topological polar surface area (TPSA) is 0 Å². The van der Waals surface area contributed by atoms with Crippen LogP contribution in [-0.4, -0.2) is 0 Å². The molecule has 0 heterocycles. The Balaban J connectivity index is 2.25. The molecule has 0 fully saturated rings. The van der Waals surface area contributed by atoms with Crippen LogP contribution in [0.15, 0.2) is 46.9 Å². The summed E-state index contributed by atoms with van der Waals surface area (Å²) < 4.78 is 14.3. The predicted octanol–water partition coefficient (Wildman–Crippen LogP) is 5.76. The Bertz CT molecular complexity index is 557. The molecule has 0 aliphatic rings. The highest BCUT2D eigenvalue weighted by Crippen LogP contribution is 2.32. The molecule has 2 aromatic rings. The van der Waals surface area contributed by atoms with Gasteiger partial charge in [-0.3, -0.25) is 0 Å². The molecule has 2 rings (SSSR count). The van der Waals surface area contributed by atoms with Crippen molar-refractivity contribution in [2.24, 2.45) is 0 Å². The maximum Gasteiger partial charge on any atom is 0.142 e. The third-order valence-corrected chi connectivity index (χ3v) is 4.05. The van der Waals surface area contributed by atoms with Crippen LogP contribution in [0, 0.1) is 5.82 Å². The maximum absolute atomic E-state index is 13.9. The zero-order valence-corrected chi connectivity index (χ0v) is 12.4. The molecule has 0 aliphatic carbocycles. The molecule has 1 unspecified atom stereocenters. The lowest BCUT2D eigenvalue weighted by atomic mass is 10.0. The molecule has 0 saturated heterocycles. The first-order valence-electron chi connectivity index (χ1n) is 5.41. The van der Waals surface area contributed by atoms with Crippen LogP contribution in [0.2, 0.25) is 5.02 Å². The van der Waals surface area contributed by atoms with E-state index >= 15 is 0 Å². The van der Waals surface area contributed by atoms with Gasteiger partial charge in [0.25, 0.3) is 0 Å². The normalized spacial score (nSPS) is 12.4. The Morgan fingerprint density at radius 1 is 1.11 bits per heavy atom. The van der Waals surface area contributed by atoms with E-state index in [9.17, 15) is 4.39 Å². The molecule has 2 aromatic carbocycles. The fourth-order valence-corrected chi connectivity index (χ4v) is 2.66. The molecule has 0 aromatic heterocycles. The summed E-state index contributed by atoms with van der Waals surface area (Å²) in [7, 11) is 0. The van der Waals surface area contributed by atoms with Crippen molar-refractivity contribution in [2.75, 3.05) is 0 Å². The van der Waals surface area contributed by atoms with Crippen LogP contribution in [-0.2, 0) is 6.42 Å². The molecule has 1 atom stereocenters. The predicted molar refractivity (Wildman–Crippen MR) is 77.9 cm³/mol. The molecule has 0 spiro atoms. The SMILES string of the molecule is Fc1c(Br)cccc1C(Cl)Cc1ccccc1Cl. The smallest absolute Gasteiger partial charge is 0.142 e. The molecule has 0 radical (unpaired) electrons. The summed E-state index contributed by atoms with van der Waals surface area (Å²) in [6.45, 7) is 0. The van der Waals surface area contributed by atoms with Crippen molar-refractivity contribution >= 4 is 39.1 Å². The molecular weight excluding hydrogens is 338 g/mol. The van der Waals surface area contributed by atoms with Crippen molar-refractivity contribution in [3.63, 3.8) is 0 Å². The van der Waals surface area contributed by atoms with Crippen molar-refractivity contribution in [3.8, 4) is 0 Å². The highest BCUT2D eigenvalue weighted by atomic mass is 79.9. The Morgan fingerprint density at radius 2 is 1.83 bits per heavy atom. The van der Waals surface area contributed by atoms with Gasteiger partial charge in [-0.15, -0.1) is 11.6 Å². The molecule has 0 bridgehead atoms.